The molecule has 4 heteroatoms. The first-order chi connectivity index (χ1) is 8.11. The van der Waals surface area contributed by atoms with Gasteiger partial charge in [0, 0.05) is 5.56 Å². The molecule has 90 valence electrons. The van der Waals surface area contributed by atoms with Gasteiger partial charge >= 0.3 is 5.97 Å². The Bertz CT molecular complexity index is 428. The van der Waals surface area contributed by atoms with Gasteiger partial charge in [0.1, 0.15) is 6.04 Å². The van der Waals surface area contributed by atoms with Gasteiger partial charge in [0.05, 0.1) is 0 Å². The number of benzene rings is 1. The van der Waals surface area contributed by atoms with E-state index < -0.39 is 6.04 Å². The van der Waals surface area contributed by atoms with E-state index in [9.17, 15) is 9.59 Å². The first kappa shape index (κ1) is 11.6. The molecule has 1 aromatic carbocycles. The molecule has 0 saturated carbocycles. The van der Waals surface area contributed by atoms with Crippen LogP contribution in [-0.2, 0) is 9.53 Å². The van der Waals surface area contributed by atoms with Crippen LogP contribution >= 0.6 is 0 Å². The number of rotatable bonds is 2. The third-order valence-corrected chi connectivity index (χ3v) is 2.84. The van der Waals surface area contributed by atoms with Crippen molar-refractivity contribution in [1.82, 2.24) is 4.90 Å². The van der Waals surface area contributed by atoms with Crippen molar-refractivity contribution in [3.8, 4) is 0 Å². The lowest BCUT2D eigenvalue weighted by Crippen LogP contribution is -2.41. The van der Waals surface area contributed by atoms with Crippen LogP contribution in [0.3, 0.4) is 0 Å². The number of cyclic esters (lactones) is 1. The Hall–Kier alpha value is -1.84. The largest absolute Gasteiger partial charge is 0.443 e. The number of hydrogen-bond donors (Lipinski definition) is 0. The summed E-state index contributed by atoms with van der Waals surface area (Å²) in [4.78, 5) is 25.2. The van der Waals surface area contributed by atoms with E-state index >= 15 is 0 Å². The van der Waals surface area contributed by atoms with E-state index in [1.807, 2.05) is 19.9 Å². The molecule has 0 radical (unpaired) electrons. The van der Waals surface area contributed by atoms with E-state index in [2.05, 4.69) is 0 Å². The highest BCUT2D eigenvalue weighted by Gasteiger charge is 2.39. The Balaban J connectivity index is 2.23. The number of carbonyl (C=O) groups excluding carboxylic acids is 2. The van der Waals surface area contributed by atoms with Crippen molar-refractivity contribution < 1.29 is 14.3 Å². The molecule has 1 aliphatic rings. The van der Waals surface area contributed by atoms with E-state index in [1.54, 1.807) is 24.3 Å². The summed E-state index contributed by atoms with van der Waals surface area (Å²) in [5.74, 6) is -0.419. The number of carbonyl (C=O) groups is 2. The Labute approximate surface area is 100 Å². The lowest BCUT2D eigenvalue weighted by Gasteiger charge is -2.22. The van der Waals surface area contributed by atoms with Crippen LogP contribution in [0.1, 0.15) is 24.2 Å². The van der Waals surface area contributed by atoms with Crippen LogP contribution in [0.2, 0.25) is 0 Å². The summed E-state index contributed by atoms with van der Waals surface area (Å²) in [7, 11) is 0. The van der Waals surface area contributed by atoms with Gasteiger partial charge in [-0.2, -0.15) is 0 Å². The van der Waals surface area contributed by atoms with Gasteiger partial charge in [-0.05, 0) is 18.1 Å². The summed E-state index contributed by atoms with van der Waals surface area (Å²) in [6, 6.07) is 8.46. The molecule has 0 unspecified atom stereocenters. The maximum Gasteiger partial charge on any atom is 0.330 e. The van der Waals surface area contributed by atoms with Crippen LogP contribution in [0.25, 0.3) is 0 Å². The van der Waals surface area contributed by atoms with Crippen molar-refractivity contribution in [2.45, 2.75) is 19.9 Å². The smallest absolute Gasteiger partial charge is 0.330 e. The van der Waals surface area contributed by atoms with Crippen molar-refractivity contribution in [2.75, 3.05) is 6.73 Å². The third-order valence-electron chi connectivity index (χ3n) is 2.84. The second-order valence-corrected chi connectivity index (χ2v) is 4.42. The van der Waals surface area contributed by atoms with Crippen molar-refractivity contribution in [3.05, 3.63) is 35.9 Å². The minimum atomic E-state index is -0.470. The minimum Gasteiger partial charge on any atom is -0.443 e. The number of hydrogen-bond acceptors (Lipinski definition) is 3. The second kappa shape index (κ2) is 4.57. The Kier molecular flexibility index (Phi) is 3.13. The number of nitrogens with zero attached hydrogens (tertiary/aromatic N) is 1. The fourth-order valence-electron chi connectivity index (χ4n) is 1.99. The van der Waals surface area contributed by atoms with Crippen LogP contribution in [0, 0.1) is 5.92 Å². The Morgan fingerprint density at radius 3 is 2.59 bits per heavy atom. The minimum absolute atomic E-state index is 0.0510. The van der Waals surface area contributed by atoms with E-state index in [0.29, 0.717) is 5.56 Å². The molecule has 0 N–H and O–H groups in total. The molecule has 0 spiro atoms. The van der Waals surface area contributed by atoms with Crippen molar-refractivity contribution in [1.29, 1.82) is 0 Å². The van der Waals surface area contributed by atoms with Crippen LogP contribution in [0.15, 0.2) is 30.3 Å². The maximum atomic E-state index is 12.2. The zero-order valence-corrected chi connectivity index (χ0v) is 9.92. The zero-order chi connectivity index (χ0) is 12.4. The molecule has 0 aliphatic carbocycles. The molecule has 1 heterocycles. The van der Waals surface area contributed by atoms with Gasteiger partial charge in [0.15, 0.2) is 6.73 Å². The molecular weight excluding hydrogens is 218 g/mol. The summed E-state index contributed by atoms with van der Waals surface area (Å²) >= 11 is 0. The molecule has 0 bridgehead atoms. The highest BCUT2D eigenvalue weighted by molar-refractivity contribution is 5.97. The highest BCUT2D eigenvalue weighted by atomic mass is 16.6. The van der Waals surface area contributed by atoms with E-state index in [0.717, 1.165) is 0 Å². The van der Waals surface area contributed by atoms with Crippen LogP contribution in [0.5, 0.6) is 0 Å². The van der Waals surface area contributed by atoms with Crippen LogP contribution in [0.4, 0.5) is 0 Å². The van der Waals surface area contributed by atoms with Gasteiger partial charge in [-0.1, -0.05) is 32.0 Å². The average molecular weight is 233 g/mol. The predicted molar refractivity (Wildman–Crippen MR) is 62.2 cm³/mol. The lowest BCUT2D eigenvalue weighted by molar-refractivity contribution is -0.139. The molecule has 1 aliphatic heterocycles. The summed E-state index contributed by atoms with van der Waals surface area (Å²) in [6.45, 7) is 3.86. The van der Waals surface area contributed by atoms with Gasteiger partial charge in [-0.3, -0.25) is 9.69 Å². The molecule has 1 fully saturated rings. The number of amides is 1. The summed E-state index contributed by atoms with van der Waals surface area (Å²) < 4.78 is 4.95. The fourth-order valence-corrected chi connectivity index (χ4v) is 1.99. The normalized spacial score (nSPS) is 19.6. The first-order valence-corrected chi connectivity index (χ1v) is 5.64. The first-order valence-electron chi connectivity index (χ1n) is 5.64. The van der Waals surface area contributed by atoms with E-state index in [-0.39, 0.29) is 24.5 Å². The molecule has 1 saturated heterocycles. The molecule has 2 rings (SSSR count). The van der Waals surface area contributed by atoms with Crippen molar-refractivity contribution in [2.24, 2.45) is 5.92 Å². The maximum absolute atomic E-state index is 12.2. The standard InChI is InChI=1S/C13H15NO3/c1-9(2)11-13(16)17-8-14(11)12(15)10-6-4-3-5-7-10/h3-7,9,11H,8H2,1-2H3/t11-/m0/s1. The van der Waals surface area contributed by atoms with Crippen LogP contribution in [-0.4, -0.2) is 29.5 Å². The number of esters is 1. The van der Waals surface area contributed by atoms with Gasteiger partial charge in [0.25, 0.3) is 5.91 Å². The monoisotopic (exact) mass is 233 g/mol. The molecule has 1 amide bonds. The molecule has 4 nitrogen and oxygen atoms in total. The summed E-state index contributed by atoms with van der Waals surface area (Å²) in [6.07, 6.45) is 0. The Morgan fingerprint density at radius 1 is 1.35 bits per heavy atom. The van der Waals surface area contributed by atoms with Crippen molar-refractivity contribution in [3.63, 3.8) is 0 Å². The summed E-state index contributed by atoms with van der Waals surface area (Å²) in [5.41, 5.74) is 0.580. The quantitative estimate of drug-likeness (QED) is 0.730. The molecular formula is C13H15NO3. The molecule has 1 atom stereocenters. The van der Waals surface area contributed by atoms with Gasteiger partial charge in [0.2, 0.25) is 0 Å². The number of ether oxygens (including phenoxy) is 1. The predicted octanol–water partition coefficient (Wildman–Crippen LogP) is 1.67. The molecule has 0 aromatic heterocycles. The fraction of sp³-hybridized carbons (Fsp3) is 0.385. The lowest BCUT2D eigenvalue weighted by atomic mass is 10.0. The van der Waals surface area contributed by atoms with Gasteiger partial charge in [-0.25, -0.2) is 4.79 Å². The zero-order valence-electron chi connectivity index (χ0n) is 9.92. The Morgan fingerprint density at radius 2 is 2.00 bits per heavy atom. The highest BCUT2D eigenvalue weighted by Crippen LogP contribution is 2.21. The van der Waals surface area contributed by atoms with Gasteiger partial charge in [-0.15, -0.1) is 0 Å². The molecule has 17 heavy (non-hydrogen) atoms. The average Bonchev–Trinajstić information content (AvgIpc) is 2.71. The SMILES string of the molecule is CC(C)[C@H]1C(=O)OCN1C(=O)c1ccccc1. The third kappa shape index (κ3) is 2.16. The topological polar surface area (TPSA) is 46.6 Å². The van der Waals surface area contributed by atoms with Gasteiger partial charge < -0.3 is 4.74 Å². The summed E-state index contributed by atoms with van der Waals surface area (Å²) in [5, 5.41) is 0. The second-order valence-electron chi connectivity index (χ2n) is 4.42. The van der Waals surface area contributed by atoms with Crippen LogP contribution < -0.4 is 0 Å². The van der Waals surface area contributed by atoms with E-state index in [4.69, 9.17) is 4.74 Å². The van der Waals surface area contributed by atoms with Crippen molar-refractivity contribution >= 4 is 11.9 Å². The molecule has 1 aromatic rings. The van der Waals surface area contributed by atoms with E-state index in [1.165, 1.54) is 4.90 Å².